The molecule has 1 aliphatic rings. The average Bonchev–Trinajstić information content (AvgIpc) is 2.37. The molecule has 7 heteroatoms. The summed E-state index contributed by atoms with van der Waals surface area (Å²) in [7, 11) is -3.02. The van der Waals surface area contributed by atoms with Crippen LogP contribution in [-0.2, 0) is 9.84 Å². The van der Waals surface area contributed by atoms with E-state index in [0.717, 1.165) is 12.8 Å². The highest BCUT2D eigenvalue weighted by atomic mass is 35.5. The van der Waals surface area contributed by atoms with Gasteiger partial charge >= 0.3 is 0 Å². The molecule has 1 aliphatic carbocycles. The maximum absolute atomic E-state index is 11.7. The van der Waals surface area contributed by atoms with Gasteiger partial charge in [-0.25, -0.2) is 8.42 Å². The lowest BCUT2D eigenvalue weighted by atomic mass is 9.97. The van der Waals surface area contributed by atoms with Crippen LogP contribution in [0, 0.1) is 0 Å². The van der Waals surface area contributed by atoms with Crippen molar-refractivity contribution in [2.24, 2.45) is 5.73 Å². The first-order chi connectivity index (χ1) is 9.77. The second-order valence-corrected chi connectivity index (χ2v) is 8.54. The molecule has 0 spiro atoms. The zero-order valence-corrected chi connectivity index (χ0v) is 14.1. The van der Waals surface area contributed by atoms with Crippen molar-refractivity contribution in [2.75, 3.05) is 6.26 Å². The monoisotopic (exact) mass is 347 g/mol. The van der Waals surface area contributed by atoms with Gasteiger partial charge in [0.25, 0.3) is 0 Å². The molecule has 0 bridgehead atoms. The summed E-state index contributed by atoms with van der Waals surface area (Å²) in [5.41, 5.74) is 6.16. The van der Waals surface area contributed by atoms with Crippen molar-refractivity contribution < 1.29 is 13.2 Å². The van der Waals surface area contributed by atoms with Crippen LogP contribution in [0.25, 0.3) is 0 Å². The summed E-state index contributed by atoms with van der Waals surface area (Å²) >= 11 is 11.0. The third-order valence-electron chi connectivity index (χ3n) is 3.69. The molecule has 1 saturated carbocycles. The Hall–Kier alpha value is -0.850. The number of ether oxygens (including phenoxy) is 1. The molecule has 2 N–H and O–H groups in total. The lowest BCUT2D eigenvalue weighted by molar-refractivity contribution is 0.156. The lowest BCUT2D eigenvalue weighted by Crippen LogP contribution is -2.33. The maximum atomic E-state index is 11.7. The first kappa shape index (κ1) is 16.5. The number of hydrogen-bond donors (Lipinski definition) is 1. The molecule has 2 unspecified atom stereocenters. The molecule has 0 radical (unpaired) electrons. The van der Waals surface area contributed by atoms with Crippen molar-refractivity contribution in [3.05, 3.63) is 28.8 Å². The quantitative estimate of drug-likeness (QED) is 0.848. The molecular formula is C14H18ClNO3S2. The van der Waals surface area contributed by atoms with Crippen molar-refractivity contribution in [1.82, 2.24) is 0 Å². The van der Waals surface area contributed by atoms with Crippen molar-refractivity contribution in [3.8, 4) is 5.75 Å². The van der Waals surface area contributed by atoms with Gasteiger partial charge in [0.2, 0.25) is 0 Å². The van der Waals surface area contributed by atoms with Crippen LogP contribution in [0.4, 0.5) is 0 Å². The maximum Gasteiger partial charge on any atom is 0.150 e. The zero-order valence-electron chi connectivity index (χ0n) is 11.7. The van der Waals surface area contributed by atoms with Crippen molar-refractivity contribution in [3.63, 3.8) is 0 Å². The van der Waals surface area contributed by atoms with Gasteiger partial charge in [-0.15, -0.1) is 0 Å². The number of nitrogens with two attached hydrogens (primary N) is 1. The fourth-order valence-corrected chi connectivity index (χ4v) is 4.22. The molecule has 1 aromatic rings. The molecular weight excluding hydrogens is 330 g/mol. The molecule has 4 nitrogen and oxygen atoms in total. The van der Waals surface area contributed by atoms with E-state index < -0.39 is 9.84 Å². The van der Waals surface area contributed by atoms with E-state index >= 15 is 0 Å². The summed E-state index contributed by atoms with van der Waals surface area (Å²) in [6.45, 7) is 0. The van der Waals surface area contributed by atoms with Gasteiger partial charge in [0, 0.05) is 18.2 Å². The predicted molar refractivity (Wildman–Crippen MR) is 88.9 cm³/mol. The Morgan fingerprint density at radius 2 is 2.14 bits per heavy atom. The Morgan fingerprint density at radius 3 is 2.71 bits per heavy atom. The Balaban J connectivity index is 2.08. The molecule has 21 heavy (non-hydrogen) atoms. The van der Waals surface area contributed by atoms with Crippen LogP contribution in [-0.4, -0.2) is 31.0 Å². The van der Waals surface area contributed by atoms with Crippen LogP contribution < -0.4 is 10.5 Å². The average molecular weight is 348 g/mol. The Bertz CT molecular complexity index is 646. The van der Waals surface area contributed by atoms with E-state index in [0.29, 0.717) is 29.2 Å². The summed E-state index contributed by atoms with van der Waals surface area (Å²) < 4.78 is 29.2. The van der Waals surface area contributed by atoms with E-state index in [1.807, 2.05) is 0 Å². The summed E-state index contributed by atoms with van der Waals surface area (Å²) in [5, 5.41) is 0.123. The van der Waals surface area contributed by atoms with E-state index in [9.17, 15) is 8.42 Å². The molecule has 0 saturated heterocycles. The van der Waals surface area contributed by atoms with Crippen LogP contribution in [0.5, 0.6) is 5.75 Å². The molecule has 0 aromatic heterocycles. The van der Waals surface area contributed by atoms with Crippen LogP contribution >= 0.6 is 23.8 Å². The third kappa shape index (κ3) is 4.31. The molecule has 116 valence electrons. The highest BCUT2D eigenvalue weighted by molar-refractivity contribution is 7.91. The summed E-state index contributed by atoms with van der Waals surface area (Å²) in [6, 6.07) is 5.14. The van der Waals surface area contributed by atoms with Gasteiger partial charge in [-0.1, -0.05) is 23.8 Å². The minimum absolute atomic E-state index is 0.106. The number of halogens is 1. The molecule has 2 rings (SSSR count). The largest absolute Gasteiger partial charge is 0.490 e. The van der Waals surface area contributed by atoms with E-state index in [4.69, 9.17) is 34.3 Å². The van der Waals surface area contributed by atoms with Crippen molar-refractivity contribution in [2.45, 2.75) is 37.0 Å². The van der Waals surface area contributed by atoms with Crippen LogP contribution in [0.1, 0.15) is 31.2 Å². The predicted octanol–water partition coefficient (Wildman–Crippen LogP) is 2.71. The molecule has 0 heterocycles. The summed E-state index contributed by atoms with van der Waals surface area (Å²) in [6.07, 6.45) is 4.11. The van der Waals surface area contributed by atoms with E-state index in [1.54, 1.807) is 18.2 Å². The number of hydrogen-bond acceptors (Lipinski definition) is 4. The number of rotatable bonds is 4. The smallest absolute Gasteiger partial charge is 0.150 e. The molecule has 0 aliphatic heterocycles. The topological polar surface area (TPSA) is 69.4 Å². The van der Waals surface area contributed by atoms with Crippen molar-refractivity contribution >= 4 is 38.6 Å². The molecule has 0 amide bonds. The normalized spacial score (nSPS) is 22.8. The SMILES string of the molecule is CS(=O)(=O)C1CCCC(Oc2ccc(C(N)=S)c(Cl)c2)C1. The second kappa shape index (κ2) is 6.50. The van der Waals surface area contributed by atoms with Gasteiger partial charge in [0.05, 0.1) is 16.4 Å². The highest BCUT2D eigenvalue weighted by Gasteiger charge is 2.30. The molecule has 1 aromatic carbocycles. The number of thiocarbonyl (C=S) groups is 1. The zero-order chi connectivity index (χ0) is 15.6. The Morgan fingerprint density at radius 1 is 1.43 bits per heavy atom. The Labute approximate surface area is 135 Å². The minimum atomic E-state index is -3.02. The first-order valence-corrected chi connectivity index (χ1v) is 9.46. The minimum Gasteiger partial charge on any atom is -0.490 e. The van der Waals surface area contributed by atoms with Gasteiger partial charge in [-0.2, -0.15) is 0 Å². The van der Waals surface area contributed by atoms with Gasteiger partial charge in [-0.05, 0) is 37.5 Å². The number of sulfone groups is 1. The van der Waals surface area contributed by atoms with Gasteiger partial charge in [0.15, 0.2) is 0 Å². The van der Waals surface area contributed by atoms with E-state index in [-0.39, 0.29) is 16.3 Å². The van der Waals surface area contributed by atoms with Crippen LogP contribution in [0.15, 0.2) is 18.2 Å². The van der Waals surface area contributed by atoms with Gasteiger partial charge < -0.3 is 10.5 Å². The van der Waals surface area contributed by atoms with Gasteiger partial charge in [-0.3, -0.25) is 0 Å². The summed E-state index contributed by atoms with van der Waals surface area (Å²) in [4.78, 5) is 0.237. The van der Waals surface area contributed by atoms with E-state index in [1.165, 1.54) is 6.26 Å². The van der Waals surface area contributed by atoms with Crippen LogP contribution in [0.2, 0.25) is 5.02 Å². The highest BCUT2D eigenvalue weighted by Crippen LogP contribution is 2.29. The van der Waals surface area contributed by atoms with Crippen LogP contribution in [0.3, 0.4) is 0 Å². The number of benzene rings is 1. The van der Waals surface area contributed by atoms with Gasteiger partial charge in [0.1, 0.15) is 20.6 Å². The fourth-order valence-electron chi connectivity index (χ4n) is 2.56. The van der Waals surface area contributed by atoms with E-state index in [2.05, 4.69) is 0 Å². The fraction of sp³-hybridized carbons (Fsp3) is 0.500. The lowest BCUT2D eigenvalue weighted by Gasteiger charge is -2.28. The molecule has 1 fully saturated rings. The molecule has 2 atom stereocenters. The summed E-state index contributed by atoms with van der Waals surface area (Å²) in [5.74, 6) is 0.610. The first-order valence-electron chi connectivity index (χ1n) is 6.72. The second-order valence-electron chi connectivity index (χ2n) is 5.36. The van der Waals surface area contributed by atoms with Crippen molar-refractivity contribution in [1.29, 1.82) is 0 Å². The standard InChI is InChI=1S/C14H18ClNO3S2/c1-21(17,18)11-4-2-3-9(7-11)19-10-5-6-12(14(16)20)13(15)8-10/h5-6,8-9,11H,2-4,7H2,1H3,(H2,16,20). The Kier molecular flexibility index (Phi) is 5.11. The third-order valence-corrected chi connectivity index (χ3v) is 5.86.